The van der Waals surface area contributed by atoms with Crippen molar-refractivity contribution >= 4 is 23.6 Å². The van der Waals surface area contributed by atoms with E-state index < -0.39 is 5.97 Å². The topological polar surface area (TPSA) is 87.7 Å². The lowest BCUT2D eigenvalue weighted by molar-refractivity contribution is -0.121. The molecule has 28 heavy (non-hydrogen) atoms. The minimum atomic E-state index is -0.481. The number of rotatable bonds is 4. The Bertz CT molecular complexity index is 707. The summed E-state index contributed by atoms with van der Waals surface area (Å²) in [4.78, 5) is 38.7. The van der Waals surface area contributed by atoms with Crippen molar-refractivity contribution in [2.24, 2.45) is 5.92 Å². The molecule has 1 aliphatic heterocycles. The van der Waals surface area contributed by atoms with Gasteiger partial charge < -0.3 is 20.3 Å². The average Bonchev–Trinajstić information content (AvgIpc) is 2.74. The fourth-order valence-electron chi connectivity index (χ4n) is 3.97. The fourth-order valence-corrected chi connectivity index (χ4v) is 3.97. The molecule has 0 atom stereocenters. The average molecular weight is 387 g/mol. The predicted octanol–water partition coefficient (Wildman–Crippen LogP) is 3.17. The van der Waals surface area contributed by atoms with Crippen LogP contribution in [0.2, 0.25) is 0 Å². The van der Waals surface area contributed by atoms with Gasteiger partial charge >= 0.3 is 12.0 Å². The summed E-state index contributed by atoms with van der Waals surface area (Å²) in [6.45, 7) is 1.13. The van der Waals surface area contributed by atoms with Crippen LogP contribution >= 0.6 is 0 Å². The molecule has 0 spiro atoms. The van der Waals surface area contributed by atoms with Crippen molar-refractivity contribution in [2.45, 2.75) is 51.0 Å². The quantitative estimate of drug-likeness (QED) is 0.777. The van der Waals surface area contributed by atoms with E-state index in [4.69, 9.17) is 4.74 Å². The number of hydrogen-bond acceptors (Lipinski definition) is 4. The second-order valence-electron chi connectivity index (χ2n) is 7.57. The minimum absolute atomic E-state index is 0.0122. The number of hydrogen-bond donors (Lipinski definition) is 2. The molecule has 0 radical (unpaired) electrons. The molecular formula is C21H29N3O4. The van der Waals surface area contributed by atoms with E-state index in [9.17, 15) is 14.4 Å². The highest BCUT2D eigenvalue weighted by atomic mass is 16.5. The van der Waals surface area contributed by atoms with E-state index in [0.717, 1.165) is 12.8 Å². The molecule has 1 aromatic carbocycles. The number of nitrogens with zero attached hydrogens (tertiary/aromatic N) is 1. The molecule has 3 rings (SSSR count). The van der Waals surface area contributed by atoms with Crippen LogP contribution in [0.3, 0.4) is 0 Å². The number of amides is 3. The van der Waals surface area contributed by atoms with Gasteiger partial charge in [-0.25, -0.2) is 9.59 Å². The van der Waals surface area contributed by atoms with Gasteiger partial charge in [-0.15, -0.1) is 0 Å². The summed E-state index contributed by atoms with van der Waals surface area (Å²) in [5.74, 6) is -0.779. The Balaban J connectivity index is 1.50. The molecule has 3 amide bonds. The lowest BCUT2D eigenvalue weighted by Gasteiger charge is -2.33. The first kappa shape index (κ1) is 20.2. The molecule has 1 aromatic rings. The Hall–Kier alpha value is -2.57. The molecule has 2 fully saturated rings. The summed E-state index contributed by atoms with van der Waals surface area (Å²) in [7, 11) is 1.31. The zero-order chi connectivity index (χ0) is 19.9. The third-order valence-corrected chi connectivity index (χ3v) is 5.68. The molecule has 1 aliphatic carbocycles. The Labute approximate surface area is 165 Å². The third-order valence-electron chi connectivity index (χ3n) is 5.68. The van der Waals surface area contributed by atoms with Crippen molar-refractivity contribution in [3.8, 4) is 0 Å². The van der Waals surface area contributed by atoms with Crippen LogP contribution in [0.1, 0.15) is 55.3 Å². The summed E-state index contributed by atoms with van der Waals surface area (Å²) in [5, 5.41) is 5.98. The number of ether oxygens (including phenoxy) is 1. The van der Waals surface area contributed by atoms with Crippen LogP contribution in [0.25, 0.3) is 0 Å². The molecule has 2 N–H and O–H groups in total. The number of nitrogens with one attached hydrogen (secondary N) is 2. The number of likely N-dealkylation sites (tertiary alicyclic amines) is 1. The van der Waals surface area contributed by atoms with E-state index in [2.05, 4.69) is 10.6 Å². The first-order chi connectivity index (χ1) is 13.6. The van der Waals surface area contributed by atoms with Gasteiger partial charge in [0, 0.05) is 25.0 Å². The van der Waals surface area contributed by atoms with Gasteiger partial charge in [-0.1, -0.05) is 31.4 Å². The Kier molecular flexibility index (Phi) is 6.90. The minimum Gasteiger partial charge on any atom is -0.465 e. The molecule has 1 saturated heterocycles. The zero-order valence-corrected chi connectivity index (χ0v) is 16.4. The number of esters is 1. The molecule has 152 valence electrons. The van der Waals surface area contributed by atoms with Crippen LogP contribution in [0.4, 0.5) is 10.5 Å². The highest BCUT2D eigenvalue weighted by Gasteiger charge is 2.29. The Morgan fingerprint density at radius 1 is 1.00 bits per heavy atom. The van der Waals surface area contributed by atoms with E-state index in [1.807, 2.05) is 0 Å². The van der Waals surface area contributed by atoms with Gasteiger partial charge in [0.15, 0.2) is 0 Å². The van der Waals surface area contributed by atoms with Crippen molar-refractivity contribution < 1.29 is 19.1 Å². The number of benzene rings is 1. The van der Waals surface area contributed by atoms with E-state index in [1.165, 1.54) is 26.4 Å². The summed E-state index contributed by atoms with van der Waals surface area (Å²) < 4.78 is 4.77. The highest BCUT2D eigenvalue weighted by molar-refractivity contribution is 6.01. The van der Waals surface area contributed by atoms with E-state index >= 15 is 0 Å². The summed E-state index contributed by atoms with van der Waals surface area (Å²) in [6, 6.07) is 7.08. The predicted molar refractivity (Wildman–Crippen MR) is 106 cm³/mol. The van der Waals surface area contributed by atoms with Crippen LogP contribution in [0.15, 0.2) is 24.3 Å². The number of urea groups is 1. The van der Waals surface area contributed by atoms with Crippen molar-refractivity contribution in [3.63, 3.8) is 0 Å². The van der Waals surface area contributed by atoms with Gasteiger partial charge in [-0.2, -0.15) is 0 Å². The molecular weight excluding hydrogens is 358 g/mol. The van der Waals surface area contributed by atoms with E-state index in [-0.39, 0.29) is 23.9 Å². The van der Waals surface area contributed by atoms with Gasteiger partial charge in [0.2, 0.25) is 5.91 Å². The number of piperidine rings is 1. The van der Waals surface area contributed by atoms with E-state index in [1.54, 1.807) is 29.2 Å². The molecule has 2 aliphatic rings. The summed E-state index contributed by atoms with van der Waals surface area (Å²) in [5.41, 5.74) is 0.791. The zero-order valence-electron chi connectivity index (χ0n) is 16.4. The van der Waals surface area contributed by atoms with Gasteiger partial charge in [-0.05, 0) is 37.8 Å². The monoisotopic (exact) mass is 387 g/mol. The van der Waals surface area contributed by atoms with E-state index in [0.29, 0.717) is 37.2 Å². The van der Waals surface area contributed by atoms with Crippen LogP contribution in [0.5, 0.6) is 0 Å². The number of carbonyl (C=O) groups is 3. The largest absolute Gasteiger partial charge is 0.465 e. The molecule has 0 bridgehead atoms. The Morgan fingerprint density at radius 3 is 2.36 bits per heavy atom. The number of para-hydroxylation sites is 1. The summed E-state index contributed by atoms with van der Waals surface area (Å²) >= 11 is 0. The molecule has 1 saturated carbocycles. The van der Waals surface area contributed by atoms with Crippen molar-refractivity contribution in [1.82, 2.24) is 10.2 Å². The third kappa shape index (κ3) is 5.03. The standard InChI is InChI=1S/C21H29N3O4/c1-28-20(26)17-9-5-6-10-18(17)23-19(25)15-11-13-24(14-12-15)21(27)22-16-7-3-2-4-8-16/h5-6,9-10,15-16H,2-4,7-8,11-14H2,1H3,(H,22,27)(H,23,25). The lowest BCUT2D eigenvalue weighted by atomic mass is 9.95. The highest BCUT2D eigenvalue weighted by Crippen LogP contribution is 2.23. The second kappa shape index (κ2) is 9.57. The molecule has 0 unspecified atom stereocenters. The number of anilines is 1. The van der Waals surface area contributed by atoms with Gasteiger partial charge in [0.05, 0.1) is 18.4 Å². The first-order valence-electron chi connectivity index (χ1n) is 10.1. The Morgan fingerprint density at radius 2 is 1.68 bits per heavy atom. The molecule has 7 nitrogen and oxygen atoms in total. The van der Waals surface area contributed by atoms with Crippen molar-refractivity contribution in [1.29, 1.82) is 0 Å². The smallest absolute Gasteiger partial charge is 0.339 e. The van der Waals surface area contributed by atoms with Crippen LogP contribution in [0, 0.1) is 5.92 Å². The fraction of sp³-hybridized carbons (Fsp3) is 0.571. The second-order valence-corrected chi connectivity index (χ2v) is 7.57. The van der Waals surface area contributed by atoms with Crippen molar-refractivity contribution in [3.05, 3.63) is 29.8 Å². The summed E-state index contributed by atoms with van der Waals surface area (Å²) in [6.07, 6.45) is 6.97. The van der Waals surface area contributed by atoms with Crippen LogP contribution < -0.4 is 10.6 Å². The lowest BCUT2D eigenvalue weighted by Crippen LogP contribution is -2.49. The van der Waals surface area contributed by atoms with Gasteiger partial charge in [-0.3, -0.25) is 4.79 Å². The maximum absolute atomic E-state index is 12.6. The maximum atomic E-state index is 12.6. The van der Waals surface area contributed by atoms with Crippen molar-refractivity contribution in [2.75, 3.05) is 25.5 Å². The SMILES string of the molecule is COC(=O)c1ccccc1NC(=O)C1CCN(C(=O)NC2CCCCC2)CC1. The molecule has 0 aromatic heterocycles. The number of carbonyl (C=O) groups excluding carboxylic acids is 3. The normalized spacial score (nSPS) is 18.4. The first-order valence-corrected chi connectivity index (χ1v) is 10.1. The number of methoxy groups -OCH3 is 1. The van der Waals surface area contributed by atoms with Crippen LogP contribution in [-0.4, -0.2) is 49.0 Å². The maximum Gasteiger partial charge on any atom is 0.339 e. The van der Waals surface area contributed by atoms with Gasteiger partial charge in [0.1, 0.15) is 0 Å². The van der Waals surface area contributed by atoms with Gasteiger partial charge in [0.25, 0.3) is 0 Å². The molecule has 1 heterocycles. The van der Waals surface area contributed by atoms with Crippen LogP contribution in [-0.2, 0) is 9.53 Å². The molecule has 7 heteroatoms.